The highest BCUT2D eigenvalue weighted by atomic mass is 16.5. The Kier molecular flexibility index (Phi) is 9.85. The Morgan fingerprint density at radius 3 is 2.67 bits per heavy atom. The van der Waals surface area contributed by atoms with Crippen LogP contribution in [0.1, 0.15) is 46.1 Å². The van der Waals surface area contributed by atoms with Gasteiger partial charge in [-0.25, -0.2) is 0 Å². The fourth-order valence-electron chi connectivity index (χ4n) is 2.41. The number of carbonyl (C=O) groups excluding carboxylic acids is 1. The van der Waals surface area contributed by atoms with E-state index in [-0.39, 0.29) is 12.0 Å². The van der Waals surface area contributed by atoms with Gasteiger partial charge in [0, 0.05) is 12.6 Å². The van der Waals surface area contributed by atoms with Crippen LogP contribution in [0.15, 0.2) is 30.3 Å². The van der Waals surface area contributed by atoms with E-state index in [0.717, 1.165) is 50.3 Å². The third-order valence-corrected chi connectivity index (χ3v) is 3.75. The predicted octanol–water partition coefficient (Wildman–Crippen LogP) is 3.73. The molecule has 1 aromatic carbocycles. The first-order valence-corrected chi connectivity index (χ1v) is 9.00. The number of benzene rings is 1. The van der Waals surface area contributed by atoms with Crippen molar-refractivity contribution in [1.29, 1.82) is 0 Å². The van der Waals surface area contributed by atoms with Crippen LogP contribution in [-0.2, 0) is 4.79 Å². The number of unbranched alkanes of at least 4 members (excludes halogenated alkanes) is 1. The number of carbonyl (C=O) groups is 1. The van der Waals surface area contributed by atoms with E-state index >= 15 is 0 Å². The summed E-state index contributed by atoms with van der Waals surface area (Å²) >= 11 is 0. The Morgan fingerprint density at radius 2 is 2.00 bits per heavy atom. The summed E-state index contributed by atoms with van der Waals surface area (Å²) in [4.78, 5) is 14.2. The van der Waals surface area contributed by atoms with Crippen LogP contribution in [-0.4, -0.2) is 43.1 Å². The van der Waals surface area contributed by atoms with E-state index in [0.29, 0.717) is 0 Å². The molecule has 1 rings (SSSR count). The molecule has 1 amide bonds. The van der Waals surface area contributed by atoms with Crippen molar-refractivity contribution < 1.29 is 9.53 Å². The van der Waals surface area contributed by atoms with Crippen molar-refractivity contribution >= 4 is 12.0 Å². The monoisotopic (exact) mass is 332 g/mol. The van der Waals surface area contributed by atoms with E-state index in [1.807, 2.05) is 44.2 Å². The molecule has 1 N–H and O–H groups in total. The summed E-state index contributed by atoms with van der Waals surface area (Å²) in [5.41, 5.74) is 0.963. The molecule has 0 saturated heterocycles. The van der Waals surface area contributed by atoms with E-state index in [1.54, 1.807) is 6.08 Å². The molecule has 134 valence electrons. The molecule has 0 aliphatic carbocycles. The molecule has 0 spiro atoms. The normalized spacial score (nSPS) is 11.4. The van der Waals surface area contributed by atoms with E-state index in [2.05, 4.69) is 24.1 Å². The average Bonchev–Trinajstić information content (AvgIpc) is 2.56. The molecule has 24 heavy (non-hydrogen) atoms. The molecule has 0 atom stereocenters. The summed E-state index contributed by atoms with van der Waals surface area (Å²) in [7, 11) is 0. The minimum atomic E-state index is -0.0481. The minimum absolute atomic E-state index is 0.0481. The molecule has 0 bridgehead atoms. The van der Waals surface area contributed by atoms with Crippen LogP contribution >= 0.6 is 0 Å². The lowest BCUT2D eigenvalue weighted by Gasteiger charge is -2.17. The largest absolute Gasteiger partial charge is 0.491 e. The van der Waals surface area contributed by atoms with Gasteiger partial charge in [0.2, 0.25) is 5.91 Å². The van der Waals surface area contributed by atoms with E-state index in [4.69, 9.17) is 4.74 Å². The molecule has 0 fully saturated rings. The van der Waals surface area contributed by atoms with Crippen LogP contribution in [0, 0.1) is 0 Å². The molecule has 0 unspecified atom stereocenters. The Bertz CT molecular complexity index is 508. The minimum Gasteiger partial charge on any atom is -0.491 e. The zero-order valence-electron chi connectivity index (χ0n) is 15.5. The Morgan fingerprint density at radius 1 is 1.25 bits per heavy atom. The summed E-state index contributed by atoms with van der Waals surface area (Å²) in [5.74, 6) is 0.775. The number of nitrogens with one attached hydrogen (secondary N) is 1. The summed E-state index contributed by atoms with van der Waals surface area (Å²) in [5, 5.41) is 2.93. The van der Waals surface area contributed by atoms with E-state index < -0.39 is 0 Å². The number of hydrogen-bond donors (Lipinski definition) is 1. The first-order chi connectivity index (χ1) is 11.5. The maximum absolute atomic E-state index is 11.8. The quantitative estimate of drug-likeness (QED) is 0.496. The van der Waals surface area contributed by atoms with Gasteiger partial charge in [-0.05, 0) is 70.1 Å². The molecular formula is C20H32N2O2. The molecule has 0 saturated carbocycles. The summed E-state index contributed by atoms with van der Waals surface area (Å²) in [6, 6.07) is 7.75. The van der Waals surface area contributed by atoms with Gasteiger partial charge in [0.25, 0.3) is 0 Å². The van der Waals surface area contributed by atoms with Crippen molar-refractivity contribution in [2.45, 2.75) is 46.6 Å². The highest BCUT2D eigenvalue weighted by molar-refractivity contribution is 5.91. The molecule has 0 aromatic heterocycles. The van der Waals surface area contributed by atoms with Crippen LogP contribution in [0.25, 0.3) is 6.08 Å². The second-order valence-corrected chi connectivity index (χ2v) is 6.10. The topological polar surface area (TPSA) is 41.6 Å². The second kappa shape index (κ2) is 11.7. The molecule has 4 nitrogen and oxygen atoms in total. The number of ether oxygens (including phenoxy) is 1. The lowest BCUT2D eigenvalue weighted by Crippen LogP contribution is -2.26. The van der Waals surface area contributed by atoms with Crippen molar-refractivity contribution in [3.63, 3.8) is 0 Å². The lowest BCUT2D eigenvalue weighted by molar-refractivity contribution is -0.116. The van der Waals surface area contributed by atoms with Gasteiger partial charge in [-0.15, -0.1) is 0 Å². The lowest BCUT2D eigenvalue weighted by atomic mass is 10.2. The molecule has 4 heteroatoms. The number of amides is 1. The fourth-order valence-corrected chi connectivity index (χ4v) is 2.41. The SMILES string of the molecule is CCN(CC)CCCCNC(=O)/C=C/c1cccc(OC(C)C)c1. The third kappa shape index (κ3) is 8.73. The maximum atomic E-state index is 11.8. The summed E-state index contributed by atoms with van der Waals surface area (Å²) < 4.78 is 5.65. The highest BCUT2D eigenvalue weighted by Gasteiger charge is 2.00. The average molecular weight is 332 g/mol. The van der Waals surface area contributed by atoms with Crippen LogP contribution in [0.3, 0.4) is 0 Å². The van der Waals surface area contributed by atoms with Gasteiger partial charge in [0.05, 0.1) is 6.10 Å². The van der Waals surface area contributed by atoms with Crippen molar-refractivity contribution in [3.05, 3.63) is 35.9 Å². The summed E-state index contributed by atoms with van der Waals surface area (Å²) in [6.07, 6.45) is 5.66. The molecular weight excluding hydrogens is 300 g/mol. The van der Waals surface area contributed by atoms with E-state index in [9.17, 15) is 4.79 Å². The van der Waals surface area contributed by atoms with Crippen LogP contribution in [0.4, 0.5) is 0 Å². The maximum Gasteiger partial charge on any atom is 0.243 e. The van der Waals surface area contributed by atoms with Gasteiger partial charge in [0.15, 0.2) is 0 Å². The van der Waals surface area contributed by atoms with Gasteiger partial charge in [-0.2, -0.15) is 0 Å². The molecule has 1 aromatic rings. The van der Waals surface area contributed by atoms with Gasteiger partial charge < -0.3 is 15.0 Å². The van der Waals surface area contributed by atoms with Gasteiger partial charge in [0.1, 0.15) is 5.75 Å². The second-order valence-electron chi connectivity index (χ2n) is 6.10. The van der Waals surface area contributed by atoms with Crippen molar-refractivity contribution in [3.8, 4) is 5.75 Å². The van der Waals surface area contributed by atoms with E-state index in [1.165, 1.54) is 0 Å². The van der Waals surface area contributed by atoms with Gasteiger partial charge in [-0.1, -0.05) is 26.0 Å². The smallest absolute Gasteiger partial charge is 0.243 e. The van der Waals surface area contributed by atoms with Crippen molar-refractivity contribution in [2.24, 2.45) is 0 Å². The molecule has 0 aliphatic rings. The van der Waals surface area contributed by atoms with Crippen LogP contribution in [0.2, 0.25) is 0 Å². The zero-order chi connectivity index (χ0) is 17.8. The van der Waals surface area contributed by atoms with Crippen LogP contribution < -0.4 is 10.1 Å². The first kappa shape index (κ1) is 20.2. The number of rotatable bonds is 11. The predicted molar refractivity (Wildman–Crippen MR) is 101 cm³/mol. The fraction of sp³-hybridized carbons (Fsp3) is 0.550. The van der Waals surface area contributed by atoms with Gasteiger partial charge >= 0.3 is 0 Å². The number of hydrogen-bond acceptors (Lipinski definition) is 3. The Hall–Kier alpha value is -1.81. The summed E-state index contributed by atoms with van der Waals surface area (Å²) in [6.45, 7) is 12.3. The molecule has 0 aliphatic heterocycles. The van der Waals surface area contributed by atoms with Gasteiger partial charge in [-0.3, -0.25) is 4.79 Å². The molecule has 0 radical (unpaired) electrons. The van der Waals surface area contributed by atoms with Crippen molar-refractivity contribution in [2.75, 3.05) is 26.2 Å². The first-order valence-electron chi connectivity index (χ1n) is 9.00. The highest BCUT2D eigenvalue weighted by Crippen LogP contribution is 2.15. The van der Waals surface area contributed by atoms with Crippen molar-refractivity contribution in [1.82, 2.24) is 10.2 Å². The van der Waals surface area contributed by atoms with Crippen LogP contribution in [0.5, 0.6) is 5.75 Å². The number of nitrogens with zero attached hydrogens (tertiary/aromatic N) is 1. The Balaban J connectivity index is 2.30. The Labute approximate surface area is 146 Å². The standard InChI is InChI=1S/C20H32N2O2/c1-5-22(6-2)15-8-7-14-21-20(23)13-12-18-10-9-11-19(16-18)24-17(3)4/h9-13,16-17H,5-8,14-15H2,1-4H3,(H,21,23)/b13-12+. The third-order valence-electron chi connectivity index (χ3n) is 3.75. The zero-order valence-corrected chi connectivity index (χ0v) is 15.5. The molecule has 0 heterocycles.